The van der Waals surface area contributed by atoms with E-state index in [1.165, 1.54) is 0 Å². The number of hydrogen-bond acceptors (Lipinski definition) is 4. The van der Waals surface area contributed by atoms with Crippen LogP contribution in [0.3, 0.4) is 0 Å². The molecule has 0 aromatic rings. The highest BCUT2D eigenvalue weighted by Gasteiger charge is 2.26. The van der Waals surface area contributed by atoms with Gasteiger partial charge in [0.2, 0.25) is 0 Å². The maximum atomic E-state index is 11.2. The van der Waals surface area contributed by atoms with Crippen LogP contribution >= 0.6 is 0 Å². The van der Waals surface area contributed by atoms with E-state index in [0.29, 0.717) is 17.4 Å². The first-order chi connectivity index (χ1) is 6.99. The summed E-state index contributed by atoms with van der Waals surface area (Å²) in [5.41, 5.74) is 0. The maximum absolute atomic E-state index is 11.2. The SMILES string of the molecule is CN(C)CCNCCC1CCS(=O)(=O)C1. The van der Waals surface area contributed by atoms with E-state index in [0.717, 1.165) is 32.5 Å². The largest absolute Gasteiger partial charge is 0.315 e. The average molecular weight is 234 g/mol. The molecule has 1 aliphatic heterocycles. The number of nitrogens with one attached hydrogen (secondary N) is 1. The summed E-state index contributed by atoms with van der Waals surface area (Å²) in [4.78, 5) is 2.13. The molecule has 1 N–H and O–H groups in total. The van der Waals surface area contributed by atoms with Gasteiger partial charge in [-0.25, -0.2) is 8.42 Å². The number of rotatable bonds is 6. The second-order valence-electron chi connectivity index (χ2n) is 4.61. The Kier molecular flexibility index (Phi) is 5.02. The van der Waals surface area contributed by atoms with E-state index in [1.807, 2.05) is 14.1 Å². The lowest BCUT2D eigenvalue weighted by Crippen LogP contribution is -2.28. The maximum Gasteiger partial charge on any atom is 0.150 e. The standard InChI is InChI=1S/C10H22N2O2S/c1-12(2)7-6-11-5-3-10-4-8-15(13,14)9-10/h10-11H,3-9H2,1-2H3. The van der Waals surface area contributed by atoms with E-state index in [9.17, 15) is 8.42 Å². The molecule has 1 saturated heterocycles. The van der Waals surface area contributed by atoms with Crippen LogP contribution in [-0.4, -0.2) is 58.6 Å². The summed E-state index contributed by atoms with van der Waals surface area (Å²) in [5, 5.41) is 3.33. The van der Waals surface area contributed by atoms with E-state index in [4.69, 9.17) is 0 Å². The number of likely N-dealkylation sites (N-methyl/N-ethyl adjacent to an activating group) is 1. The molecule has 4 nitrogen and oxygen atoms in total. The zero-order chi connectivity index (χ0) is 11.3. The van der Waals surface area contributed by atoms with Crippen molar-refractivity contribution in [2.24, 2.45) is 5.92 Å². The van der Waals surface area contributed by atoms with Crippen molar-refractivity contribution >= 4 is 9.84 Å². The minimum atomic E-state index is -2.69. The van der Waals surface area contributed by atoms with Crippen LogP contribution in [0.1, 0.15) is 12.8 Å². The van der Waals surface area contributed by atoms with Crippen LogP contribution in [0, 0.1) is 5.92 Å². The van der Waals surface area contributed by atoms with Gasteiger partial charge in [0.05, 0.1) is 11.5 Å². The van der Waals surface area contributed by atoms with Gasteiger partial charge >= 0.3 is 0 Å². The van der Waals surface area contributed by atoms with Gasteiger partial charge in [-0.1, -0.05) is 0 Å². The van der Waals surface area contributed by atoms with Gasteiger partial charge in [-0.3, -0.25) is 0 Å². The molecule has 0 radical (unpaired) electrons. The van der Waals surface area contributed by atoms with E-state index in [1.54, 1.807) is 0 Å². The Bertz CT molecular complexity index is 275. The minimum Gasteiger partial charge on any atom is -0.315 e. The molecule has 1 aliphatic rings. The third-order valence-electron chi connectivity index (χ3n) is 2.79. The molecular formula is C10H22N2O2S. The van der Waals surface area contributed by atoms with Crippen molar-refractivity contribution in [3.8, 4) is 0 Å². The predicted molar refractivity (Wildman–Crippen MR) is 62.8 cm³/mol. The summed E-state index contributed by atoms with van der Waals surface area (Å²) in [6.07, 6.45) is 1.85. The van der Waals surface area contributed by atoms with Crippen molar-refractivity contribution < 1.29 is 8.42 Å². The van der Waals surface area contributed by atoms with Gasteiger partial charge in [0.1, 0.15) is 0 Å². The first-order valence-electron chi connectivity index (χ1n) is 5.55. The van der Waals surface area contributed by atoms with Gasteiger partial charge in [0, 0.05) is 13.1 Å². The van der Waals surface area contributed by atoms with Gasteiger partial charge in [0.25, 0.3) is 0 Å². The molecule has 1 heterocycles. The summed E-state index contributed by atoms with van der Waals surface area (Å²) in [7, 11) is 1.41. The highest BCUT2D eigenvalue weighted by molar-refractivity contribution is 7.91. The highest BCUT2D eigenvalue weighted by atomic mass is 32.2. The molecular weight excluding hydrogens is 212 g/mol. The van der Waals surface area contributed by atoms with Gasteiger partial charge in [0.15, 0.2) is 9.84 Å². The number of nitrogens with zero attached hydrogens (tertiary/aromatic N) is 1. The lowest BCUT2D eigenvalue weighted by Gasteiger charge is -2.11. The van der Waals surface area contributed by atoms with Crippen LogP contribution in [0.15, 0.2) is 0 Å². The van der Waals surface area contributed by atoms with Crippen LogP contribution in [0.5, 0.6) is 0 Å². The summed E-state index contributed by atoms with van der Waals surface area (Å²) in [6, 6.07) is 0. The number of sulfone groups is 1. The Morgan fingerprint density at radius 3 is 2.60 bits per heavy atom. The van der Waals surface area contributed by atoms with E-state index in [-0.39, 0.29) is 0 Å². The molecule has 5 heteroatoms. The smallest absolute Gasteiger partial charge is 0.150 e. The normalized spacial score (nSPS) is 24.9. The van der Waals surface area contributed by atoms with Gasteiger partial charge < -0.3 is 10.2 Å². The molecule has 0 spiro atoms. The topological polar surface area (TPSA) is 49.4 Å². The van der Waals surface area contributed by atoms with Crippen molar-refractivity contribution in [1.29, 1.82) is 0 Å². The molecule has 1 rings (SSSR count). The quantitative estimate of drug-likeness (QED) is 0.655. The van der Waals surface area contributed by atoms with Crippen molar-refractivity contribution in [3.05, 3.63) is 0 Å². The Morgan fingerprint density at radius 1 is 1.33 bits per heavy atom. The highest BCUT2D eigenvalue weighted by Crippen LogP contribution is 2.20. The van der Waals surface area contributed by atoms with Crippen molar-refractivity contribution in [3.63, 3.8) is 0 Å². The Balaban J connectivity index is 2.02. The molecule has 0 amide bonds. The lowest BCUT2D eigenvalue weighted by atomic mass is 10.1. The average Bonchev–Trinajstić information content (AvgIpc) is 2.44. The fourth-order valence-electron chi connectivity index (χ4n) is 1.83. The molecule has 0 aromatic heterocycles. The monoisotopic (exact) mass is 234 g/mol. The zero-order valence-corrected chi connectivity index (χ0v) is 10.5. The van der Waals surface area contributed by atoms with E-state index >= 15 is 0 Å². The zero-order valence-electron chi connectivity index (χ0n) is 9.70. The molecule has 1 atom stereocenters. The Morgan fingerprint density at radius 2 is 2.07 bits per heavy atom. The number of hydrogen-bond donors (Lipinski definition) is 1. The third-order valence-corrected chi connectivity index (χ3v) is 4.63. The van der Waals surface area contributed by atoms with Crippen LogP contribution in [0.4, 0.5) is 0 Å². The molecule has 1 unspecified atom stereocenters. The fourth-order valence-corrected chi connectivity index (χ4v) is 3.74. The van der Waals surface area contributed by atoms with E-state index < -0.39 is 9.84 Å². The summed E-state index contributed by atoms with van der Waals surface area (Å²) < 4.78 is 22.4. The van der Waals surface area contributed by atoms with Crippen molar-refractivity contribution in [2.45, 2.75) is 12.8 Å². The minimum absolute atomic E-state index is 0.391. The third kappa shape index (κ3) is 5.49. The first kappa shape index (κ1) is 12.9. The van der Waals surface area contributed by atoms with Crippen molar-refractivity contribution in [1.82, 2.24) is 10.2 Å². The Labute approximate surface area is 93.0 Å². The van der Waals surface area contributed by atoms with Crippen LogP contribution < -0.4 is 5.32 Å². The molecule has 90 valence electrons. The fraction of sp³-hybridized carbons (Fsp3) is 1.00. The molecule has 0 aliphatic carbocycles. The molecule has 0 saturated carbocycles. The molecule has 1 fully saturated rings. The lowest BCUT2D eigenvalue weighted by molar-refractivity contribution is 0.394. The van der Waals surface area contributed by atoms with E-state index in [2.05, 4.69) is 10.2 Å². The Hall–Kier alpha value is -0.130. The first-order valence-corrected chi connectivity index (χ1v) is 7.37. The molecule has 0 aromatic carbocycles. The summed E-state index contributed by atoms with van der Waals surface area (Å²) >= 11 is 0. The van der Waals surface area contributed by atoms with Crippen LogP contribution in [0.25, 0.3) is 0 Å². The van der Waals surface area contributed by atoms with Gasteiger partial charge in [-0.2, -0.15) is 0 Å². The second-order valence-corrected chi connectivity index (χ2v) is 6.84. The van der Waals surface area contributed by atoms with Gasteiger partial charge in [-0.05, 0) is 39.4 Å². The molecule has 15 heavy (non-hydrogen) atoms. The summed E-state index contributed by atoms with van der Waals surface area (Å²) in [5.74, 6) is 1.19. The predicted octanol–water partition coefficient (Wildman–Crippen LogP) is -0.0376. The van der Waals surface area contributed by atoms with Crippen molar-refractivity contribution in [2.75, 3.05) is 45.2 Å². The van der Waals surface area contributed by atoms with Gasteiger partial charge in [-0.15, -0.1) is 0 Å². The second kappa shape index (κ2) is 5.82. The van der Waals surface area contributed by atoms with Crippen LogP contribution in [-0.2, 0) is 9.84 Å². The molecule has 0 bridgehead atoms. The van der Waals surface area contributed by atoms with Crippen LogP contribution in [0.2, 0.25) is 0 Å². The summed E-state index contributed by atoms with van der Waals surface area (Å²) in [6.45, 7) is 2.95.